The van der Waals surface area contributed by atoms with Crippen molar-refractivity contribution in [2.75, 3.05) is 26.8 Å². The predicted octanol–water partition coefficient (Wildman–Crippen LogP) is 1.86. The van der Waals surface area contributed by atoms with Crippen LogP contribution < -0.4 is 10.2 Å². The van der Waals surface area contributed by atoms with Gasteiger partial charge in [-0.2, -0.15) is 0 Å². The zero-order valence-corrected chi connectivity index (χ0v) is 14.2. The molecule has 1 fully saturated rings. The molecular formula is C19H22N2O4. The van der Waals surface area contributed by atoms with Crippen molar-refractivity contribution in [1.82, 2.24) is 9.88 Å². The molecule has 1 amide bonds. The van der Waals surface area contributed by atoms with Crippen LogP contribution in [0.1, 0.15) is 22.5 Å². The van der Waals surface area contributed by atoms with Crippen LogP contribution in [0, 0.1) is 0 Å². The van der Waals surface area contributed by atoms with Crippen LogP contribution in [0.5, 0.6) is 5.75 Å². The van der Waals surface area contributed by atoms with Crippen molar-refractivity contribution >= 4 is 5.91 Å². The summed E-state index contributed by atoms with van der Waals surface area (Å²) in [6.07, 6.45) is 3.19. The summed E-state index contributed by atoms with van der Waals surface area (Å²) < 4.78 is 10.7. The number of aromatic amines is 1. The summed E-state index contributed by atoms with van der Waals surface area (Å²) in [5, 5.41) is 0. The van der Waals surface area contributed by atoms with Gasteiger partial charge in [-0.15, -0.1) is 0 Å². The van der Waals surface area contributed by atoms with Gasteiger partial charge in [0, 0.05) is 25.4 Å². The summed E-state index contributed by atoms with van der Waals surface area (Å²) in [6, 6.07) is 11.5. The highest BCUT2D eigenvalue weighted by molar-refractivity contribution is 5.92. The maximum Gasteiger partial charge on any atom is 0.270 e. The van der Waals surface area contributed by atoms with Crippen molar-refractivity contribution in [2.24, 2.45) is 0 Å². The molecule has 0 saturated carbocycles. The topological polar surface area (TPSA) is 71.6 Å². The van der Waals surface area contributed by atoms with E-state index in [9.17, 15) is 9.59 Å². The van der Waals surface area contributed by atoms with Gasteiger partial charge in [0.1, 0.15) is 5.69 Å². The first-order chi connectivity index (χ1) is 12.2. The van der Waals surface area contributed by atoms with Crippen molar-refractivity contribution in [3.05, 3.63) is 64.1 Å². The molecule has 1 aliphatic rings. The molecular weight excluding hydrogens is 320 g/mol. The Labute approximate surface area is 146 Å². The number of pyridine rings is 1. The minimum atomic E-state index is -0.307. The maximum absolute atomic E-state index is 12.6. The molecule has 3 rings (SSSR count). The Kier molecular flexibility index (Phi) is 5.50. The molecule has 132 valence electrons. The molecule has 6 heteroatoms. The Hall–Kier alpha value is -2.60. The van der Waals surface area contributed by atoms with Gasteiger partial charge < -0.3 is 19.4 Å². The fraction of sp³-hybridized carbons (Fsp3) is 0.368. The van der Waals surface area contributed by atoms with E-state index >= 15 is 0 Å². The smallest absolute Gasteiger partial charge is 0.270 e. The minimum absolute atomic E-state index is 0.00266. The quantitative estimate of drug-likeness (QED) is 0.900. The lowest BCUT2D eigenvalue weighted by Crippen LogP contribution is -2.46. The first-order valence-electron chi connectivity index (χ1n) is 8.39. The van der Waals surface area contributed by atoms with Crippen LogP contribution in [0.3, 0.4) is 0 Å². The van der Waals surface area contributed by atoms with Crippen LogP contribution in [-0.4, -0.2) is 48.7 Å². The second-order valence-electron chi connectivity index (χ2n) is 6.05. The SMILES string of the molecule is COc1c[nH]c(C(=O)N2CCOC(CCc3ccccc3)C2)cc1=O. The highest BCUT2D eigenvalue weighted by Crippen LogP contribution is 2.14. The summed E-state index contributed by atoms with van der Waals surface area (Å²) in [6.45, 7) is 1.56. The lowest BCUT2D eigenvalue weighted by Gasteiger charge is -2.33. The summed E-state index contributed by atoms with van der Waals surface area (Å²) >= 11 is 0. The number of hydrogen-bond donors (Lipinski definition) is 1. The van der Waals surface area contributed by atoms with Crippen LogP contribution in [0.4, 0.5) is 0 Å². The first-order valence-corrected chi connectivity index (χ1v) is 8.39. The second-order valence-corrected chi connectivity index (χ2v) is 6.05. The molecule has 0 bridgehead atoms. The summed E-state index contributed by atoms with van der Waals surface area (Å²) in [7, 11) is 1.42. The summed E-state index contributed by atoms with van der Waals surface area (Å²) in [5.41, 5.74) is 1.22. The van der Waals surface area contributed by atoms with Crippen molar-refractivity contribution in [3.63, 3.8) is 0 Å². The van der Waals surface area contributed by atoms with Crippen molar-refractivity contribution in [2.45, 2.75) is 18.9 Å². The lowest BCUT2D eigenvalue weighted by molar-refractivity contribution is -0.0247. The molecule has 25 heavy (non-hydrogen) atoms. The van der Waals surface area contributed by atoms with Crippen LogP contribution in [0.15, 0.2) is 47.4 Å². The molecule has 2 heterocycles. The molecule has 1 atom stereocenters. The van der Waals surface area contributed by atoms with Crippen LogP contribution in [-0.2, 0) is 11.2 Å². The minimum Gasteiger partial charge on any atom is -0.491 e. The summed E-state index contributed by atoms with van der Waals surface area (Å²) in [5.74, 6) is 0.00651. The highest BCUT2D eigenvalue weighted by atomic mass is 16.5. The number of nitrogens with zero attached hydrogens (tertiary/aromatic N) is 1. The first kappa shape index (κ1) is 17.2. The van der Waals surface area contributed by atoms with Crippen molar-refractivity contribution in [3.8, 4) is 5.75 Å². The molecule has 0 spiro atoms. The van der Waals surface area contributed by atoms with Crippen LogP contribution >= 0.6 is 0 Å². The Morgan fingerprint density at radius 1 is 1.36 bits per heavy atom. The number of morpholine rings is 1. The molecule has 1 aliphatic heterocycles. The molecule has 0 aliphatic carbocycles. The largest absolute Gasteiger partial charge is 0.491 e. The van der Waals surface area contributed by atoms with E-state index < -0.39 is 0 Å². The number of aromatic nitrogens is 1. The number of aryl methyl sites for hydroxylation is 1. The van der Waals surface area contributed by atoms with E-state index in [4.69, 9.17) is 9.47 Å². The van der Waals surface area contributed by atoms with Crippen molar-refractivity contribution in [1.29, 1.82) is 0 Å². The zero-order valence-electron chi connectivity index (χ0n) is 14.2. The normalized spacial score (nSPS) is 17.3. The fourth-order valence-corrected chi connectivity index (χ4v) is 2.96. The summed E-state index contributed by atoms with van der Waals surface area (Å²) in [4.78, 5) is 29.0. The number of benzene rings is 1. The molecule has 1 saturated heterocycles. The van der Waals surface area contributed by atoms with E-state index in [2.05, 4.69) is 17.1 Å². The molecule has 1 aromatic heterocycles. The zero-order chi connectivity index (χ0) is 17.6. The van der Waals surface area contributed by atoms with Crippen LogP contribution in [0.2, 0.25) is 0 Å². The monoisotopic (exact) mass is 342 g/mol. The number of methoxy groups -OCH3 is 1. The van der Waals surface area contributed by atoms with Gasteiger partial charge in [-0.1, -0.05) is 30.3 Å². The number of ether oxygens (including phenoxy) is 2. The number of H-pyrrole nitrogens is 1. The second kappa shape index (κ2) is 7.98. The van der Waals surface area contributed by atoms with Gasteiger partial charge in [-0.3, -0.25) is 9.59 Å². The third-order valence-corrected chi connectivity index (χ3v) is 4.35. The lowest BCUT2D eigenvalue weighted by atomic mass is 10.1. The third-order valence-electron chi connectivity index (χ3n) is 4.35. The Morgan fingerprint density at radius 2 is 2.16 bits per heavy atom. The molecule has 2 aromatic rings. The average Bonchev–Trinajstić information content (AvgIpc) is 2.67. The molecule has 1 aromatic carbocycles. The third kappa shape index (κ3) is 4.28. The van der Waals surface area contributed by atoms with E-state index in [1.807, 2.05) is 18.2 Å². The number of nitrogens with one attached hydrogen (secondary N) is 1. The van der Waals surface area contributed by atoms with Crippen molar-refractivity contribution < 1.29 is 14.3 Å². The number of rotatable bonds is 5. The number of hydrogen-bond acceptors (Lipinski definition) is 4. The van der Waals surface area contributed by atoms with Gasteiger partial charge in [0.2, 0.25) is 5.43 Å². The van der Waals surface area contributed by atoms with E-state index in [1.165, 1.54) is 24.9 Å². The fourth-order valence-electron chi connectivity index (χ4n) is 2.96. The number of amides is 1. The number of carbonyl (C=O) groups excluding carboxylic acids is 1. The van der Waals surface area contributed by atoms with Gasteiger partial charge in [-0.25, -0.2) is 0 Å². The van der Waals surface area contributed by atoms with E-state index in [-0.39, 0.29) is 28.9 Å². The molecule has 1 N–H and O–H groups in total. The molecule has 0 radical (unpaired) electrons. The van der Waals surface area contributed by atoms with Gasteiger partial charge >= 0.3 is 0 Å². The Bertz CT molecular complexity index is 772. The van der Waals surface area contributed by atoms with Gasteiger partial charge in [0.05, 0.1) is 19.8 Å². The Balaban J connectivity index is 1.61. The van der Waals surface area contributed by atoms with E-state index in [1.54, 1.807) is 4.90 Å². The predicted molar refractivity (Wildman–Crippen MR) is 94.0 cm³/mol. The molecule has 6 nitrogen and oxygen atoms in total. The van der Waals surface area contributed by atoms with Gasteiger partial charge in [0.25, 0.3) is 5.91 Å². The number of carbonyl (C=O) groups is 1. The standard InChI is InChI=1S/C19H22N2O4/c1-24-18-12-20-16(11-17(18)22)19(23)21-9-10-25-15(13-21)8-7-14-5-3-2-4-6-14/h2-6,11-12,15H,7-10,13H2,1H3,(H,20,22). The van der Waals surface area contributed by atoms with Gasteiger partial charge in [-0.05, 0) is 18.4 Å². The Morgan fingerprint density at radius 3 is 2.88 bits per heavy atom. The van der Waals surface area contributed by atoms with Gasteiger partial charge in [0.15, 0.2) is 5.75 Å². The maximum atomic E-state index is 12.6. The average molecular weight is 342 g/mol. The highest BCUT2D eigenvalue weighted by Gasteiger charge is 2.25. The van der Waals surface area contributed by atoms with E-state index in [0.29, 0.717) is 19.7 Å². The van der Waals surface area contributed by atoms with E-state index in [0.717, 1.165) is 12.8 Å². The molecule has 1 unspecified atom stereocenters. The van der Waals surface area contributed by atoms with Crippen LogP contribution in [0.25, 0.3) is 0 Å².